The minimum atomic E-state index is -4.72. The first-order valence-corrected chi connectivity index (χ1v) is 8.87. The molecule has 5 nitrogen and oxygen atoms in total. The van der Waals surface area contributed by atoms with E-state index < -0.39 is 45.2 Å². The van der Waals surface area contributed by atoms with Gasteiger partial charge in [-0.3, -0.25) is 4.79 Å². The van der Waals surface area contributed by atoms with Gasteiger partial charge in [-0.25, -0.2) is 21.9 Å². The third-order valence-electron chi connectivity index (χ3n) is 3.14. The number of benzene rings is 2. The number of hydrogen-bond acceptors (Lipinski definition) is 3. The predicted octanol–water partition coefficient (Wildman–Crippen LogP) is 3.71. The molecule has 0 unspecified atom stereocenters. The molecule has 27 heavy (non-hydrogen) atoms. The molecular weight excluding hydrogens is 419 g/mol. The SMILES string of the molecule is O=C(Nc1ccc(S(=O)(=O)NCC(F)(F)F)cc1)c1cc(F)c(F)cc1Cl. The number of hydrogen-bond donors (Lipinski definition) is 2. The first-order chi connectivity index (χ1) is 12.4. The van der Waals surface area contributed by atoms with Gasteiger partial charge in [0.1, 0.15) is 6.54 Å². The van der Waals surface area contributed by atoms with E-state index in [1.54, 1.807) is 0 Å². The lowest BCUT2D eigenvalue weighted by molar-refractivity contribution is -0.121. The Hall–Kier alpha value is -2.24. The molecule has 0 aromatic heterocycles. The van der Waals surface area contributed by atoms with Crippen LogP contribution in [0.2, 0.25) is 5.02 Å². The number of halogens is 6. The Balaban J connectivity index is 2.14. The van der Waals surface area contributed by atoms with E-state index in [-0.39, 0.29) is 16.3 Å². The van der Waals surface area contributed by atoms with Gasteiger partial charge < -0.3 is 5.32 Å². The first kappa shape index (κ1) is 21.1. The normalized spacial score (nSPS) is 12.1. The summed E-state index contributed by atoms with van der Waals surface area (Å²) in [5, 5.41) is 1.93. The van der Waals surface area contributed by atoms with Gasteiger partial charge in [0.2, 0.25) is 10.0 Å². The van der Waals surface area contributed by atoms with Gasteiger partial charge in [-0.2, -0.15) is 13.2 Å². The van der Waals surface area contributed by atoms with Gasteiger partial charge in [0.15, 0.2) is 11.6 Å². The second-order valence-corrected chi connectivity index (χ2v) is 7.34. The number of alkyl halides is 3. The van der Waals surface area contributed by atoms with E-state index >= 15 is 0 Å². The van der Waals surface area contributed by atoms with Crippen LogP contribution in [0.4, 0.5) is 27.6 Å². The highest BCUT2D eigenvalue weighted by atomic mass is 35.5. The Morgan fingerprint density at radius 3 is 2.15 bits per heavy atom. The summed E-state index contributed by atoms with van der Waals surface area (Å²) in [6.45, 7) is -1.73. The summed E-state index contributed by atoms with van der Waals surface area (Å²) in [6, 6.07) is 5.34. The maximum Gasteiger partial charge on any atom is 0.402 e. The zero-order chi connectivity index (χ0) is 20.4. The number of anilines is 1. The predicted molar refractivity (Wildman–Crippen MR) is 87.0 cm³/mol. The number of amides is 1. The van der Waals surface area contributed by atoms with Crippen LogP contribution in [0.25, 0.3) is 0 Å². The van der Waals surface area contributed by atoms with E-state index in [9.17, 15) is 35.2 Å². The van der Waals surface area contributed by atoms with Crippen molar-refractivity contribution in [3.63, 3.8) is 0 Å². The molecule has 146 valence electrons. The molecule has 0 saturated heterocycles. The quantitative estimate of drug-likeness (QED) is 0.563. The van der Waals surface area contributed by atoms with Crippen molar-refractivity contribution in [2.75, 3.05) is 11.9 Å². The minimum Gasteiger partial charge on any atom is -0.322 e. The highest BCUT2D eigenvalue weighted by Crippen LogP contribution is 2.22. The summed E-state index contributed by atoms with van der Waals surface area (Å²) in [6.07, 6.45) is -4.72. The lowest BCUT2D eigenvalue weighted by Crippen LogP contribution is -2.33. The molecule has 2 rings (SSSR count). The number of rotatable bonds is 5. The van der Waals surface area contributed by atoms with Crippen molar-refractivity contribution < 1.29 is 35.2 Å². The molecule has 0 aliphatic heterocycles. The molecule has 0 saturated carbocycles. The summed E-state index contributed by atoms with van der Waals surface area (Å²) in [5.74, 6) is -3.43. The van der Waals surface area contributed by atoms with Crippen molar-refractivity contribution in [3.05, 3.63) is 58.6 Å². The van der Waals surface area contributed by atoms with Gasteiger partial charge in [-0.1, -0.05) is 11.6 Å². The number of sulfonamides is 1. The van der Waals surface area contributed by atoms with Crippen LogP contribution in [0.1, 0.15) is 10.4 Å². The van der Waals surface area contributed by atoms with Crippen LogP contribution in [0.5, 0.6) is 0 Å². The maximum atomic E-state index is 13.2. The van der Waals surface area contributed by atoms with Gasteiger partial charge in [0.25, 0.3) is 5.91 Å². The summed E-state index contributed by atoms with van der Waals surface area (Å²) in [5.41, 5.74) is -0.310. The number of nitrogens with one attached hydrogen (secondary N) is 2. The molecule has 0 spiro atoms. The molecular formula is C15H10ClF5N2O3S. The molecule has 0 atom stereocenters. The van der Waals surface area contributed by atoms with Crippen LogP contribution < -0.4 is 10.0 Å². The fourth-order valence-electron chi connectivity index (χ4n) is 1.87. The molecule has 2 aromatic carbocycles. The van der Waals surface area contributed by atoms with E-state index in [0.717, 1.165) is 24.3 Å². The van der Waals surface area contributed by atoms with Crippen molar-refractivity contribution in [1.29, 1.82) is 0 Å². The van der Waals surface area contributed by atoms with Gasteiger partial charge in [0.05, 0.1) is 15.5 Å². The second-order valence-electron chi connectivity index (χ2n) is 5.16. The molecule has 1 amide bonds. The zero-order valence-corrected chi connectivity index (χ0v) is 14.6. The molecule has 0 bridgehead atoms. The van der Waals surface area contributed by atoms with Crippen LogP contribution >= 0.6 is 11.6 Å². The Morgan fingerprint density at radius 1 is 1.04 bits per heavy atom. The first-order valence-electron chi connectivity index (χ1n) is 7.01. The van der Waals surface area contributed by atoms with Gasteiger partial charge >= 0.3 is 6.18 Å². The van der Waals surface area contributed by atoms with E-state index in [1.165, 1.54) is 4.72 Å². The van der Waals surface area contributed by atoms with E-state index in [2.05, 4.69) is 5.32 Å². The summed E-state index contributed by atoms with van der Waals surface area (Å²) in [4.78, 5) is 11.6. The molecule has 12 heteroatoms. The number of carbonyl (C=O) groups excluding carboxylic acids is 1. The van der Waals surface area contributed by atoms with Crippen LogP contribution in [-0.4, -0.2) is 27.0 Å². The lowest BCUT2D eigenvalue weighted by Gasteiger charge is -2.11. The molecule has 0 fully saturated rings. The van der Waals surface area contributed by atoms with Crippen molar-refractivity contribution >= 4 is 33.2 Å². The average Bonchev–Trinajstić information content (AvgIpc) is 2.56. The Bertz CT molecular complexity index is 963. The van der Waals surface area contributed by atoms with E-state index in [4.69, 9.17) is 11.6 Å². The fourth-order valence-corrected chi connectivity index (χ4v) is 3.12. The second kappa shape index (κ2) is 7.79. The standard InChI is InChI=1S/C15H10ClF5N2O3S/c16-11-6-13(18)12(17)5-10(11)14(24)23-8-1-3-9(4-2-8)27(25,26)22-7-15(19,20)21/h1-6,22H,7H2,(H,23,24). The van der Waals surface area contributed by atoms with Gasteiger partial charge in [0, 0.05) is 5.69 Å². The van der Waals surface area contributed by atoms with Crippen LogP contribution in [0, 0.1) is 11.6 Å². The van der Waals surface area contributed by atoms with Crippen molar-refractivity contribution in [2.24, 2.45) is 0 Å². The molecule has 2 N–H and O–H groups in total. The third kappa shape index (κ3) is 5.62. The third-order valence-corrected chi connectivity index (χ3v) is 4.87. The topological polar surface area (TPSA) is 75.3 Å². The fraction of sp³-hybridized carbons (Fsp3) is 0.133. The van der Waals surface area contributed by atoms with Gasteiger partial charge in [-0.05, 0) is 36.4 Å². The van der Waals surface area contributed by atoms with Crippen LogP contribution in [0.3, 0.4) is 0 Å². The molecule has 0 aliphatic rings. The lowest BCUT2D eigenvalue weighted by atomic mass is 10.2. The van der Waals surface area contributed by atoms with E-state index in [0.29, 0.717) is 12.1 Å². The van der Waals surface area contributed by atoms with Gasteiger partial charge in [-0.15, -0.1) is 0 Å². The van der Waals surface area contributed by atoms with Crippen LogP contribution in [0.15, 0.2) is 41.3 Å². The molecule has 0 aliphatic carbocycles. The number of carbonyl (C=O) groups is 1. The molecule has 0 heterocycles. The zero-order valence-electron chi connectivity index (χ0n) is 13.1. The highest BCUT2D eigenvalue weighted by molar-refractivity contribution is 7.89. The monoisotopic (exact) mass is 428 g/mol. The average molecular weight is 429 g/mol. The summed E-state index contributed by atoms with van der Waals surface area (Å²) < 4.78 is 87.5. The summed E-state index contributed by atoms with van der Waals surface area (Å²) in [7, 11) is -4.40. The van der Waals surface area contributed by atoms with Crippen molar-refractivity contribution in [2.45, 2.75) is 11.1 Å². The minimum absolute atomic E-state index is 0.0515. The van der Waals surface area contributed by atoms with Crippen LogP contribution in [-0.2, 0) is 10.0 Å². The molecule has 0 radical (unpaired) electrons. The smallest absolute Gasteiger partial charge is 0.322 e. The van der Waals surface area contributed by atoms with Crippen molar-refractivity contribution in [1.82, 2.24) is 4.72 Å². The molecule has 2 aromatic rings. The Labute approximate surface area is 155 Å². The Kier molecular flexibility index (Phi) is 6.07. The van der Waals surface area contributed by atoms with E-state index in [1.807, 2.05) is 0 Å². The maximum absolute atomic E-state index is 13.2. The summed E-state index contributed by atoms with van der Waals surface area (Å²) >= 11 is 5.67. The van der Waals surface area contributed by atoms with Crippen molar-refractivity contribution in [3.8, 4) is 0 Å². The Morgan fingerprint density at radius 2 is 1.59 bits per heavy atom. The highest BCUT2D eigenvalue weighted by Gasteiger charge is 2.30. The largest absolute Gasteiger partial charge is 0.402 e.